The van der Waals surface area contributed by atoms with Gasteiger partial charge in [0.05, 0.1) is 19.1 Å². The number of rotatable bonds is 6. The van der Waals surface area contributed by atoms with Gasteiger partial charge in [-0.25, -0.2) is 4.79 Å². The molecule has 5 rings (SSSR count). The molecule has 36 heavy (non-hydrogen) atoms. The van der Waals surface area contributed by atoms with E-state index >= 15 is 0 Å². The fourth-order valence-electron chi connectivity index (χ4n) is 5.73. The normalized spacial score (nSPS) is 23.4. The number of carbonyl (C=O) groups excluding carboxylic acids is 3. The third-order valence-corrected chi connectivity index (χ3v) is 7.72. The van der Waals surface area contributed by atoms with Crippen LogP contribution in [0.1, 0.15) is 24.0 Å². The quantitative estimate of drug-likeness (QED) is 0.569. The zero-order valence-corrected chi connectivity index (χ0v) is 20.2. The summed E-state index contributed by atoms with van der Waals surface area (Å²) in [5.74, 6) is -0.412. The Bertz CT molecular complexity index is 1100. The molecule has 3 aliphatic rings. The molecule has 9 nitrogen and oxygen atoms in total. The van der Waals surface area contributed by atoms with Gasteiger partial charge in [0.2, 0.25) is 5.91 Å². The van der Waals surface area contributed by atoms with Crippen molar-refractivity contribution < 1.29 is 24.2 Å². The summed E-state index contributed by atoms with van der Waals surface area (Å²) in [6.07, 6.45) is 0.0860. The van der Waals surface area contributed by atoms with E-state index in [-0.39, 0.29) is 36.3 Å². The molecule has 1 spiro atoms. The van der Waals surface area contributed by atoms with E-state index in [4.69, 9.17) is 4.74 Å². The second kappa shape index (κ2) is 10.3. The monoisotopic (exact) mass is 492 g/mol. The lowest BCUT2D eigenvalue weighted by atomic mass is 9.70. The number of hydrogen-bond donors (Lipinski definition) is 3. The standard InChI is InChI=1S/C27H32N4O5/c32-17-20-6-8-21(9-7-20)29-24(33)22-16-30(15-19-4-2-1-3-5-19)18-27(22)10-12-31(13-11-27)25(34)23-14-28-26(35)36-23/h1-9,22-23,32H,10-18H2,(H,28,35)(H,29,33)/t22?,23-/m0/s1. The van der Waals surface area contributed by atoms with Crippen LogP contribution >= 0.6 is 0 Å². The van der Waals surface area contributed by atoms with E-state index < -0.39 is 12.2 Å². The molecule has 3 N–H and O–H groups in total. The molecule has 2 aromatic rings. The number of carbonyl (C=O) groups is 3. The van der Waals surface area contributed by atoms with Crippen molar-refractivity contribution in [1.29, 1.82) is 0 Å². The molecule has 0 aromatic heterocycles. The highest BCUT2D eigenvalue weighted by Crippen LogP contribution is 2.45. The van der Waals surface area contributed by atoms with E-state index in [1.807, 2.05) is 30.3 Å². The molecular weight excluding hydrogens is 460 g/mol. The summed E-state index contributed by atoms with van der Waals surface area (Å²) in [5, 5.41) is 14.9. The van der Waals surface area contributed by atoms with Crippen LogP contribution in [0.4, 0.5) is 10.5 Å². The number of hydrogen-bond acceptors (Lipinski definition) is 6. The maximum absolute atomic E-state index is 13.6. The highest BCUT2D eigenvalue weighted by molar-refractivity contribution is 5.93. The van der Waals surface area contributed by atoms with Gasteiger partial charge in [0.25, 0.3) is 5.91 Å². The van der Waals surface area contributed by atoms with Gasteiger partial charge in [-0.1, -0.05) is 42.5 Å². The Morgan fingerprint density at radius 2 is 1.78 bits per heavy atom. The molecule has 0 aliphatic carbocycles. The summed E-state index contributed by atoms with van der Waals surface area (Å²) in [7, 11) is 0. The highest BCUT2D eigenvalue weighted by atomic mass is 16.6. The van der Waals surface area contributed by atoms with Gasteiger partial charge in [-0.3, -0.25) is 14.5 Å². The molecule has 1 unspecified atom stereocenters. The molecule has 3 fully saturated rings. The van der Waals surface area contributed by atoms with Crippen molar-refractivity contribution in [2.24, 2.45) is 11.3 Å². The number of ether oxygens (including phenoxy) is 1. The molecule has 0 bridgehead atoms. The molecule has 3 saturated heterocycles. The second-order valence-electron chi connectivity index (χ2n) is 10.0. The zero-order valence-electron chi connectivity index (χ0n) is 20.2. The summed E-state index contributed by atoms with van der Waals surface area (Å²) in [6, 6.07) is 17.5. The first-order valence-electron chi connectivity index (χ1n) is 12.5. The summed E-state index contributed by atoms with van der Waals surface area (Å²) in [5.41, 5.74) is 2.46. The van der Waals surface area contributed by atoms with Gasteiger partial charge in [-0.05, 0) is 41.5 Å². The maximum atomic E-state index is 13.6. The third kappa shape index (κ3) is 5.08. The SMILES string of the molecule is O=C1NC[C@@H](C(=O)N2CCC3(CC2)CN(Cc2ccccc2)CC3C(=O)Nc2ccc(CO)cc2)O1. The molecule has 0 radical (unpaired) electrons. The summed E-state index contributed by atoms with van der Waals surface area (Å²) in [4.78, 5) is 41.9. The molecule has 3 aliphatic heterocycles. The van der Waals surface area contributed by atoms with Gasteiger partial charge in [0.1, 0.15) is 0 Å². The minimum atomic E-state index is -0.773. The Morgan fingerprint density at radius 1 is 1.06 bits per heavy atom. The average Bonchev–Trinajstić information content (AvgIpc) is 3.48. The van der Waals surface area contributed by atoms with Crippen molar-refractivity contribution in [3.05, 3.63) is 65.7 Å². The van der Waals surface area contributed by atoms with E-state index in [1.54, 1.807) is 17.0 Å². The first-order valence-corrected chi connectivity index (χ1v) is 12.5. The first-order chi connectivity index (χ1) is 17.5. The van der Waals surface area contributed by atoms with Gasteiger partial charge in [-0.15, -0.1) is 0 Å². The Morgan fingerprint density at radius 3 is 2.42 bits per heavy atom. The molecule has 2 aromatic carbocycles. The molecule has 2 atom stereocenters. The Kier molecular flexibility index (Phi) is 6.93. The lowest BCUT2D eigenvalue weighted by Gasteiger charge is -2.42. The van der Waals surface area contributed by atoms with Crippen LogP contribution in [0.3, 0.4) is 0 Å². The minimum Gasteiger partial charge on any atom is -0.434 e. The predicted octanol–water partition coefficient (Wildman–Crippen LogP) is 1.97. The van der Waals surface area contributed by atoms with Gasteiger partial charge < -0.3 is 25.4 Å². The van der Waals surface area contributed by atoms with Crippen LogP contribution in [0.5, 0.6) is 0 Å². The van der Waals surface area contributed by atoms with Crippen molar-refractivity contribution in [1.82, 2.24) is 15.1 Å². The topological polar surface area (TPSA) is 111 Å². The number of benzene rings is 2. The van der Waals surface area contributed by atoms with Gasteiger partial charge in [0, 0.05) is 38.4 Å². The molecule has 0 saturated carbocycles. The summed E-state index contributed by atoms with van der Waals surface area (Å²) >= 11 is 0. The van der Waals surface area contributed by atoms with E-state index in [2.05, 4.69) is 27.7 Å². The van der Waals surface area contributed by atoms with Crippen LogP contribution in [0.15, 0.2) is 54.6 Å². The van der Waals surface area contributed by atoms with Crippen molar-refractivity contribution in [3.8, 4) is 0 Å². The molecule has 3 heterocycles. The largest absolute Gasteiger partial charge is 0.434 e. The maximum Gasteiger partial charge on any atom is 0.408 e. The fraction of sp³-hybridized carbons (Fsp3) is 0.444. The molecule has 3 amide bonds. The smallest absolute Gasteiger partial charge is 0.408 e. The molecular formula is C27H32N4O5. The minimum absolute atomic E-state index is 0.0176. The van der Waals surface area contributed by atoms with Crippen LogP contribution in [0.25, 0.3) is 0 Å². The highest BCUT2D eigenvalue weighted by Gasteiger charge is 2.52. The van der Waals surface area contributed by atoms with Gasteiger partial charge in [0.15, 0.2) is 6.10 Å². The third-order valence-electron chi connectivity index (χ3n) is 7.72. The average molecular weight is 493 g/mol. The molecule has 190 valence electrons. The van der Waals surface area contributed by atoms with Gasteiger partial charge in [-0.2, -0.15) is 0 Å². The summed E-state index contributed by atoms with van der Waals surface area (Å²) in [6.45, 7) is 3.41. The number of piperidine rings is 1. The van der Waals surface area contributed by atoms with Crippen LogP contribution < -0.4 is 10.6 Å². The number of cyclic esters (lactones) is 1. The van der Waals surface area contributed by atoms with E-state index in [0.717, 1.165) is 18.7 Å². The van der Waals surface area contributed by atoms with E-state index in [9.17, 15) is 19.5 Å². The van der Waals surface area contributed by atoms with Crippen molar-refractivity contribution in [2.45, 2.75) is 32.1 Å². The Balaban J connectivity index is 1.30. The lowest BCUT2D eigenvalue weighted by molar-refractivity contribution is -0.141. The lowest BCUT2D eigenvalue weighted by Crippen LogP contribution is -2.51. The zero-order chi connectivity index (χ0) is 25.1. The Labute approximate surface area is 210 Å². The number of aliphatic hydroxyl groups excluding tert-OH is 1. The number of anilines is 1. The molecule has 9 heteroatoms. The second-order valence-corrected chi connectivity index (χ2v) is 10.0. The van der Waals surface area contributed by atoms with E-state index in [1.165, 1.54) is 5.56 Å². The first kappa shape index (κ1) is 24.3. The van der Waals surface area contributed by atoms with Crippen LogP contribution in [0.2, 0.25) is 0 Å². The number of aliphatic hydroxyl groups is 1. The number of nitrogens with one attached hydrogen (secondary N) is 2. The van der Waals surface area contributed by atoms with Crippen molar-refractivity contribution >= 4 is 23.6 Å². The summed E-state index contributed by atoms with van der Waals surface area (Å²) < 4.78 is 5.09. The number of likely N-dealkylation sites (tertiary alicyclic amines) is 2. The number of amides is 3. The van der Waals surface area contributed by atoms with Crippen LogP contribution in [-0.4, -0.2) is 71.6 Å². The number of nitrogens with zero attached hydrogens (tertiary/aromatic N) is 2. The van der Waals surface area contributed by atoms with Crippen molar-refractivity contribution in [2.75, 3.05) is 38.0 Å². The predicted molar refractivity (Wildman–Crippen MR) is 133 cm³/mol. The number of alkyl carbamates (subject to hydrolysis) is 1. The van der Waals surface area contributed by atoms with Gasteiger partial charge >= 0.3 is 6.09 Å². The fourth-order valence-corrected chi connectivity index (χ4v) is 5.73. The van der Waals surface area contributed by atoms with E-state index in [0.29, 0.717) is 38.2 Å². The van der Waals surface area contributed by atoms with Crippen molar-refractivity contribution in [3.63, 3.8) is 0 Å². The van der Waals surface area contributed by atoms with Crippen LogP contribution in [-0.2, 0) is 27.5 Å². The Hall–Kier alpha value is -3.43. The van der Waals surface area contributed by atoms with Crippen LogP contribution in [0, 0.1) is 11.3 Å².